The maximum Gasteiger partial charge on any atom is 0.308 e. The Kier molecular flexibility index (Phi) is 8.84. The molecule has 0 spiro atoms. The molecule has 32 heavy (non-hydrogen) atoms. The van der Waals surface area contributed by atoms with Crippen LogP contribution in [0.2, 0.25) is 0 Å². The molecule has 2 amide bonds. The first-order chi connectivity index (χ1) is 15.6. The zero-order valence-corrected chi connectivity index (χ0v) is 18.7. The predicted molar refractivity (Wildman–Crippen MR) is 123 cm³/mol. The summed E-state index contributed by atoms with van der Waals surface area (Å²) in [6.45, 7) is 2.30. The van der Waals surface area contributed by atoms with Gasteiger partial charge >= 0.3 is 5.97 Å². The second kappa shape index (κ2) is 12.0. The molecule has 170 valence electrons. The van der Waals surface area contributed by atoms with Crippen LogP contribution in [0, 0.1) is 0 Å². The van der Waals surface area contributed by atoms with Gasteiger partial charge in [-0.3, -0.25) is 14.4 Å². The Morgan fingerprint density at radius 1 is 0.969 bits per heavy atom. The van der Waals surface area contributed by atoms with Crippen LogP contribution in [0.3, 0.4) is 0 Å². The molecular formula is C26H32N2O4. The van der Waals surface area contributed by atoms with Crippen LogP contribution in [0.4, 0.5) is 0 Å². The van der Waals surface area contributed by atoms with E-state index in [0.29, 0.717) is 12.1 Å². The Hall–Kier alpha value is -3.15. The average molecular weight is 437 g/mol. The van der Waals surface area contributed by atoms with E-state index in [4.69, 9.17) is 4.74 Å². The van der Waals surface area contributed by atoms with Gasteiger partial charge in [0, 0.05) is 18.2 Å². The molecule has 1 fully saturated rings. The van der Waals surface area contributed by atoms with E-state index in [1.165, 1.54) is 6.42 Å². The number of ether oxygens (including phenoxy) is 1. The highest BCUT2D eigenvalue weighted by atomic mass is 16.5. The minimum absolute atomic E-state index is 0.0502. The normalized spacial score (nSPS) is 14.9. The summed E-state index contributed by atoms with van der Waals surface area (Å²) in [6.07, 6.45) is 5.45. The van der Waals surface area contributed by atoms with Crippen molar-refractivity contribution in [2.45, 2.75) is 57.5 Å². The molecule has 2 aromatic carbocycles. The first kappa shape index (κ1) is 23.5. The Balaban J connectivity index is 1.59. The largest absolute Gasteiger partial charge is 0.455 e. The van der Waals surface area contributed by atoms with Crippen molar-refractivity contribution < 1.29 is 19.1 Å². The smallest absolute Gasteiger partial charge is 0.308 e. The van der Waals surface area contributed by atoms with Crippen LogP contribution in [-0.2, 0) is 14.3 Å². The molecule has 6 nitrogen and oxygen atoms in total. The molecule has 1 saturated carbocycles. The minimum Gasteiger partial charge on any atom is -0.455 e. The van der Waals surface area contributed by atoms with Gasteiger partial charge < -0.3 is 15.0 Å². The number of likely N-dealkylation sites (N-methyl/N-ethyl adjacent to an activating group) is 1. The van der Waals surface area contributed by atoms with Gasteiger partial charge in [-0.1, -0.05) is 67.8 Å². The minimum atomic E-state index is -0.549. The van der Waals surface area contributed by atoms with Crippen LogP contribution in [-0.4, -0.2) is 41.9 Å². The third-order valence-corrected chi connectivity index (χ3v) is 5.95. The number of benzene rings is 2. The van der Waals surface area contributed by atoms with Gasteiger partial charge in [-0.05, 0) is 37.5 Å². The predicted octanol–water partition coefficient (Wildman–Crippen LogP) is 4.27. The summed E-state index contributed by atoms with van der Waals surface area (Å²) in [7, 11) is 0. The third kappa shape index (κ3) is 6.67. The Bertz CT molecular complexity index is 879. The van der Waals surface area contributed by atoms with E-state index in [0.717, 1.165) is 31.2 Å². The van der Waals surface area contributed by atoms with Gasteiger partial charge in [0.2, 0.25) is 0 Å². The molecule has 1 N–H and O–H groups in total. The molecule has 0 radical (unpaired) electrons. The lowest BCUT2D eigenvalue weighted by atomic mass is 9.94. The zero-order chi connectivity index (χ0) is 22.8. The number of hydrogen-bond acceptors (Lipinski definition) is 4. The van der Waals surface area contributed by atoms with Gasteiger partial charge in [0.15, 0.2) is 6.61 Å². The summed E-state index contributed by atoms with van der Waals surface area (Å²) in [5, 5.41) is 2.92. The fourth-order valence-corrected chi connectivity index (χ4v) is 4.25. The summed E-state index contributed by atoms with van der Waals surface area (Å²) in [5.41, 5.74) is 1.32. The lowest BCUT2D eigenvalue weighted by molar-refractivity contribution is -0.153. The number of carbonyl (C=O) groups excluding carboxylic acids is 3. The summed E-state index contributed by atoms with van der Waals surface area (Å²) >= 11 is 0. The highest BCUT2D eigenvalue weighted by Crippen LogP contribution is 2.23. The van der Waals surface area contributed by atoms with Gasteiger partial charge in [0.05, 0.1) is 12.5 Å². The van der Waals surface area contributed by atoms with Crippen LogP contribution >= 0.6 is 0 Å². The van der Waals surface area contributed by atoms with Crippen LogP contribution in [0.15, 0.2) is 60.7 Å². The standard InChI is InChI=1S/C26H32N2O4/c1-2-28(22-16-10-5-11-17-22)24(29)19-32-25(30)18-23(20-12-6-3-7-13-20)27-26(31)21-14-8-4-9-15-21/h3-4,6-9,12-15,22-23H,2,5,10-11,16-19H2,1H3,(H,27,31). The maximum atomic E-state index is 12.7. The van der Waals surface area contributed by atoms with E-state index >= 15 is 0 Å². The van der Waals surface area contributed by atoms with Crippen molar-refractivity contribution in [3.05, 3.63) is 71.8 Å². The monoisotopic (exact) mass is 436 g/mol. The average Bonchev–Trinajstić information content (AvgIpc) is 2.84. The van der Waals surface area contributed by atoms with Crippen molar-refractivity contribution in [1.29, 1.82) is 0 Å². The van der Waals surface area contributed by atoms with E-state index in [1.54, 1.807) is 24.3 Å². The number of rotatable bonds is 9. The molecular weight excluding hydrogens is 404 g/mol. The summed E-state index contributed by atoms with van der Waals surface area (Å²) in [5.74, 6) is -0.935. The molecule has 0 aliphatic heterocycles. The molecule has 2 aromatic rings. The molecule has 0 saturated heterocycles. The second-order valence-electron chi connectivity index (χ2n) is 8.14. The van der Waals surface area contributed by atoms with E-state index in [1.807, 2.05) is 48.2 Å². The Labute approximate surface area is 189 Å². The van der Waals surface area contributed by atoms with Gasteiger partial charge in [-0.2, -0.15) is 0 Å². The lowest BCUT2D eigenvalue weighted by Crippen LogP contribution is -2.43. The van der Waals surface area contributed by atoms with Gasteiger partial charge in [-0.25, -0.2) is 0 Å². The van der Waals surface area contributed by atoms with Gasteiger partial charge in [0.25, 0.3) is 11.8 Å². The van der Waals surface area contributed by atoms with E-state index in [9.17, 15) is 14.4 Å². The van der Waals surface area contributed by atoms with Crippen molar-refractivity contribution in [2.75, 3.05) is 13.2 Å². The molecule has 1 atom stereocenters. The van der Waals surface area contributed by atoms with Crippen molar-refractivity contribution in [3.8, 4) is 0 Å². The highest BCUT2D eigenvalue weighted by Gasteiger charge is 2.26. The quantitative estimate of drug-likeness (QED) is 0.596. The van der Waals surface area contributed by atoms with Crippen molar-refractivity contribution in [3.63, 3.8) is 0 Å². The highest BCUT2D eigenvalue weighted by molar-refractivity contribution is 5.94. The third-order valence-electron chi connectivity index (χ3n) is 5.95. The number of nitrogens with one attached hydrogen (secondary N) is 1. The molecule has 0 aromatic heterocycles. The van der Waals surface area contributed by atoms with Gasteiger partial charge in [0.1, 0.15) is 0 Å². The van der Waals surface area contributed by atoms with Crippen molar-refractivity contribution in [2.24, 2.45) is 0 Å². The first-order valence-electron chi connectivity index (χ1n) is 11.4. The van der Waals surface area contributed by atoms with E-state index in [2.05, 4.69) is 5.32 Å². The van der Waals surface area contributed by atoms with E-state index in [-0.39, 0.29) is 30.9 Å². The number of amides is 2. The van der Waals surface area contributed by atoms with Crippen molar-refractivity contribution in [1.82, 2.24) is 10.2 Å². The number of nitrogens with zero attached hydrogens (tertiary/aromatic N) is 1. The second-order valence-corrected chi connectivity index (χ2v) is 8.14. The summed E-state index contributed by atoms with van der Waals surface area (Å²) in [4.78, 5) is 39.8. The SMILES string of the molecule is CCN(C(=O)COC(=O)CC(NC(=O)c1ccccc1)c1ccccc1)C1CCCCC1. The Morgan fingerprint density at radius 2 is 1.59 bits per heavy atom. The molecule has 3 rings (SSSR count). The topological polar surface area (TPSA) is 75.7 Å². The Morgan fingerprint density at radius 3 is 2.22 bits per heavy atom. The van der Waals surface area contributed by atoms with Crippen molar-refractivity contribution >= 4 is 17.8 Å². The van der Waals surface area contributed by atoms with Crippen LogP contribution in [0.1, 0.15) is 67.4 Å². The fourth-order valence-electron chi connectivity index (χ4n) is 4.25. The lowest BCUT2D eigenvalue weighted by Gasteiger charge is -2.33. The molecule has 6 heteroatoms. The molecule has 0 bridgehead atoms. The van der Waals surface area contributed by atoms with Crippen LogP contribution in [0.5, 0.6) is 0 Å². The first-order valence-corrected chi connectivity index (χ1v) is 11.4. The van der Waals surface area contributed by atoms with E-state index < -0.39 is 12.0 Å². The fraction of sp³-hybridized carbons (Fsp3) is 0.423. The zero-order valence-electron chi connectivity index (χ0n) is 18.7. The number of esters is 1. The number of carbonyl (C=O) groups is 3. The molecule has 0 heterocycles. The van der Waals surface area contributed by atoms with Crippen LogP contribution < -0.4 is 5.32 Å². The molecule has 1 aliphatic rings. The maximum absolute atomic E-state index is 12.7. The molecule has 1 aliphatic carbocycles. The number of hydrogen-bond donors (Lipinski definition) is 1. The summed E-state index contributed by atoms with van der Waals surface area (Å²) in [6, 6.07) is 17.9. The van der Waals surface area contributed by atoms with Crippen LogP contribution in [0.25, 0.3) is 0 Å². The van der Waals surface area contributed by atoms with Gasteiger partial charge in [-0.15, -0.1) is 0 Å². The summed E-state index contributed by atoms with van der Waals surface area (Å²) < 4.78 is 5.34. The molecule has 1 unspecified atom stereocenters.